The van der Waals surface area contributed by atoms with Gasteiger partial charge in [-0.25, -0.2) is 0 Å². The summed E-state index contributed by atoms with van der Waals surface area (Å²) < 4.78 is 0. The number of anilines is 1. The molecule has 0 spiro atoms. The molecule has 3 nitrogen and oxygen atoms in total. The highest BCUT2D eigenvalue weighted by atomic mass is 14.8. The molecular weight excluding hydrogens is 354 g/mol. The maximum Gasteiger partial charge on any atom is 0.0346 e. The standard InChI is InChI=1S/C15H23N.C10H10N2.CH4/c1-4-6-7-14-8-9-15(10-12(14)3)13(5-2)11-16;1-11-10-3-2-9-7-12-5-4-8(9)6-10;/h5,8-10,13H,2,4,6-7,11,16H2,1,3H3;2-7,11H,1H3;1H4. The Hall–Kier alpha value is -2.65. The quantitative estimate of drug-likeness (QED) is 0.453. The molecule has 3 heteroatoms. The second kappa shape index (κ2) is 12.7. The lowest BCUT2D eigenvalue weighted by molar-refractivity contribution is 0.788. The number of nitrogens with one attached hydrogen (secondary N) is 1. The molecule has 1 heterocycles. The van der Waals surface area contributed by atoms with Gasteiger partial charge in [-0.2, -0.15) is 0 Å². The summed E-state index contributed by atoms with van der Waals surface area (Å²) in [5.41, 5.74) is 11.0. The second-order valence-electron chi connectivity index (χ2n) is 7.05. The molecular formula is C26H37N3. The van der Waals surface area contributed by atoms with Crippen LogP contribution in [0.1, 0.15) is 49.8 Å². The third kappa shape index (κ3) is 7.03. The zero-order chi connectivity index (χ0) is 20.4. The average Bonchev–Trinajstić information content (AvgIpc) is 2.74. The van der Waals surface area contributed by atoms with Crippen LogP contribution in [0, 0.1) is 6.92 Å². The molecule has 3 rings (SSSR count). The Balaban J connectivity index is 0.000000289. The van der Waals surface area contributed by atoms with Crippen LogP contribution in [0.4, 0.5) is 5.69 Å². The Morgan fingerprint density at radius 2 is 1.93 bits per heavy atom. The number of aromatic nitrogens is 1. The van der Waals surface area contributed by atoms with Gasteiger partial charge in [0, 0.05) is 43.0 Å². The first-order chi connectivity index (χ1) is 13.6. The number of benzene rings is 2. The zero-order valence-corrected chi connectivity index (χ0v) is 17.4. The predicted molar refractivity (Wildman–Crippen MR) is 130 cm³/mol. The molecule has 0 saturated heterocycles. The topological polar surface area (TPSA) is 50.9 Å². The van der Waals surface area contributed by atoms with E-state index in [-0.39, 0.29) is 7.43 Å². The van der Waals surface area contributed by atoms with E-state index in [0.29, 0.717) is 12.5 Å². The Morgan fingerprint density at radius 3 is 2.55 bits per heavy atom. The first-order valence-corrected chi connectivity index (χ1v) is 10.1. The van der Waals surface area contributed by atoms with E-state index in [1.54, 1.807) is 0 Å². The van der Waals surface area contributed by atoms with Gasteiger partial charge >= 0.3 is 0 Å². The van der Waals surface area contributed by atoms with Gasteiger partial charge in [0.15, 0.2) is 0 Å². The van der Waals surface area contributed by atoms with Gasteiger partial charge in [0.2, 0.25) is 0 Å². The summed E-state index contributed by atoms with van der Waals surface area (Å²) >= 11 is 0. The molecule has 0 fully saturated rings. The smallest absolute Gasteiger partial charge is 0.0346 e. The SMILES string of the molecule is C.C=CC(CN)c1ccc(CCCC)c(C)c1.CNc1ccc2cnccc2c1. The number of nitrogens with two attached hydrogens (primary N) is 1. The first-order valence-electron chi connectivity index (χ1n) is 10.1. The van der Waals surface area contributed by atoms with Crippen molar-refractivity contribution in [3.8, 4) is 0 Å². The van der Waals surface area contributed by atoms with Gasteiger partial charge in [0.25, 0.3) is 0 Å². The molecule has 1 aromatic heterocycles. The number of fused-ring (bicyclic) bond motifs is 1. The van der Waals surface area contributed by atoms with Gasteiger partial charge in [-0.05, 0) is 60.0 Å². The van der Waals surface area contributed by atoms with Gasteiger partial charge < -0.3 is 11.1 Å². The number of aryl methyl sites for hydroxylation is 2. The van der Waals surface area contributed by atoms with Gasteiger partial charge in [0.05, 0.1) is 0 Å². The largest absolute Gasteiger partial charge is 0.388 e. The summed E-state index contributed by atoms with van der Waals surface area (Å²) in [6.07, 6.45) is 9.31. The maximum absolute atomic E-state index is 5.71. The fourth-order valence-electron chi connectivity index (χ4n) is 3.20. The van der Waals surface area contributed by atoms with Crippen molar-refractivity contribution in [1.82, 2.24) is 4.98 Å². The number of unbranched alkanes of at least 4 members (excludes halogenated alkanes) is 1. The Labute approximate surface area is 177 Å². The van der Waals surface area contributed by atoms with Crippen LogP contribution in [-0.4, -0.2) is 18.6 Å². The van der Waals surface area contributed by atoms with Crippen molar-refractivity contribution >= 4 is 16.5 Å². The first kappa shape index (κ1) is 24.4. The lowest BCUT2D eigenvalue weighted by Gasteiger charge is -2.13. The van der Waals surface area contributed by atoms with E-state index >= 15 is 0 Å². The summed E-state index contributed by atoms with van der Waals surface area (Å²) in [6, 6.07) is 14.9. The van der Waals surface area contributed by atoms with Gasteiger partial charge in [-0.3, -0.25) is 4.98 Å². The van der Waals surface area contributed by atoms with Crippen molar-refractivity contribution in [2.75, 3.05) is 18.9 Å². The van der Waals surface area contributed by atoms with Crippen molar-refractivity contribution in [2.24, 2.45) is 5.73 Å². The second-order valence-corrected chi connectivity index (χ2v) is 7.05. The fourth-order valence-corrected chi connectivity index (χ4v) is 3.20. The van der Waals surface area contributed by atoms with Crippen molar-refractivity contribution < 1.29 is 0 Å². The third-order valence-electron chi connectivity index (χ3n) is 5.06. The summed E-state index contributed by atoms with van der Waals surface area (Å²) in [7, 11) is 1.92. The molecule has 0 amide bonds. The molecule has 3 N–H and O–H groups in total. The summed E-state index contributed by atoms with van der Waals surface area (Å²) in [4.78, 5) is 4.05. The molecule has 0 radical (unpaired) electrons. The van der Waals surface area contributed by atoms with Crippen molar-refractivity contribution in [1.29, 1.82) is 0 Å². The predicted octanol–water partition coefficient (Wildman–Crippen LogP) is 6.48. The molecule has 29 heavy (non-hydrogen) atoms. The van der Waals surface area contributed by atoms with Crippen LogP contribution in [0.3, 0.4) is 0 Å². The lowest BCUT2D eigenvalue weighted by Crippen LogP contribution is -2.10. The van der Waals surface area contributed by atoms with E-state index in [4.69, 9.17) is 5.73 Å². The van der Waals surface area contributed by atoms with Crippen LogP contribution in [0.2, 0.25) is 0 Å². The molecule has 1 unspecified atom stereocenters. The maximum atomic E-state index is 5.71. The van der Waals surface area contributed by atoms with Crippen molar-refractivity contribution in [2.45, 2.75) is 46.5 Å². The third-order valence-corrected chi connectivity index (χ3v) is 5.06. The van der Waals surface area contributed by atoms with Crippen molar-refractivity contribution in [3.05, 3.63) is 84.2 Å². The lowest BCUT2D eigenvalue weighted by atomic mass is 9.94. The molecule has 0 bridgehead atoms. The molecule has 1 atom stereocenters. The monoisotopic (exact) mass is 391 g/mol. The van der Waals surface area contributed by atoms with Gasteiger partial charge in [-0.1, -0.05) is 51.1 Å². The number of rotatable bonds is 7. The highest BCUT2D eigenvalue weighted by molar-refractivity contribution is 5.84. The fraction of sp³-hybridized carbons (Fsp3) is 0.346. The average molecular weight is 392 g/mol. The minimum absolute atomic E-state index is 0. The van der Waals surface area contributed by atoms with Crippen LogP contribution >= 0.6 is 0 Å². The van der Waals surface area contributed by atoms with E-state index in [0.717, 1.165) is 5.69 Å². The highest BCUT2D eigenvalue weighted by Crippen LogP contribution is 2.20. The van der Waals surface area contributed by atoms with E-state index in [2.05, 4.69) is 61.1 Å². The Bertz CT molecular complexity index is 886. The Morgan fingerprint density at radius 1 is 1.14 bits per heavy atom. The number of hydrogen-bond acceptors (Lipinski definition) is 3. The molecule has 0 aliphatic heterocycles. The van der Waals surface area contributed by atoms with Crippen LogP contribution in [0.25, 0.3) is 10.8 Å². The normalized spacial score (nSPS) is 11.0. The van der Waals surface area contributed by atoms with E-state index in [1.807, 2.05) is 37.7 Å². The summed E-state index contributed by atoms with van der Waals surface area (Å²) in [5.74, 6) is 0.291. The molecule has 0 aliphatic carbocycles. The Kier molecular flexibility index (Phi) is 10.7. The molecule has 0 saturated carbocycles. The minimum Gasteiger partial charge on any atom is -0.388 e. The van der Waals surface area contributed by atoms with Crippen molar-refractivity contribution in [3.63, 3.8) is 0 Å². The minimum atomic E-state index is 0. The van der Waals surface area contributed by atoms with E-state index < -0.39 is 0 Å². The van der Waals surface area contributed by atoms with E-state index in [9.17, 15) is 0 Å². The highest BCUT2D eigenvalue weighted by Gasteiger charge is 2.07. The molecule has 0 aliphatic rings. The molecule has 156 valence electrons. The van der Waals surface area contributed by atoms with Gasteiger partial charge in [-0.15, -0.1) is 6.58 Å². The van der Waals surface area contributed by atoms with Gasteiger partial charge in [0.1, 0.15) is 0 Å². The van der Waals surface area contributed by atoms with Crippen LogP contribution < -0.4 is 11.1 Å². The zero-order valence-electron chi connectivity index (χ0n) is 17.4. The van der Waals surface area contributed by atoms with E-state index in [1.165, 1.54) is 46.7 Å². The van der Waals surface area contributed by atoms with Crippen LogP contribution in [-0.2, 0) is 6.42 Å². The summed E-state index contributed by atoms with van der Waals surface area (Å²) in [5, 5.41) is 5.50. The van der Waals surface area contributed by atoms with Crippen LogP contribution in [0.5, 0.6) is 0 Å². The number of nitrogens with zero attached hydrogens (tertiary/aromatic N) is 1. The molecule has 2 aromatic carbocycles. The number of pyridine rings is 1. The molecule has 3 aromatic rings. The van der Waals surface area contributed by atoms with Crippen LogP contribution in [0.15, 0.2) is 67.5 Å². The number of hydrogen-bond donors (Lipinski definition) is 2. The summed E-state index contributed by atoms with van der Waals surface area (Å²) in [6.45, 7) is 8.88.